The first-order chi connectivity index (χ1) is 5.95. The van der Waals surface area contributed by atoms with E-state index in [1.165, 1.54) is 0 Å². The number of nitrogens with zero attached hydrogens (tertiary/aromatic N) is 1. The number of carbonyl (C=O) groups is 1. The largest absolute Gasteiger partial charge is 1.00 e. The third-order valence-electron chi connectivity index (χ3n) is 1.27. The first kappa shape index (κ1) is 14.9. The zero-order chi connectivity index (χ0) is 10.2. The number of carbonyl (C=O) groups excluding carboxylic acids is 1. The Morgan fingerprint density at radius 2 is 1.79 bits per heavy atom. The number of halogens is 3. The molecular formula is C6H2Cl3KN2O2. The number of carboxylic acids is 1. The van der Waals surface area contributed by atoms with E-state index in [-0.39, 0.29) is 72.3 Å². The Bertz CT molecular complexity index is 386. The summed E-state index contributed by atoms with van der Waals surface area (Å²) in [6.07, 6.45) is 0. The molecule has 8 heteroatoms. The molecule has 0 saturated carbocycles. The van der Waals surface area contributed by atoms with Crippen LogP contribution in [0.25, 0.3) is 0 Å². The van der Waals surface area contributed by atoms with E-state index in [2.05, 4.69) is 4.98 Å². The quantitative estimate of drug-likeness (QED) is 0.476. The van der Waals surface area contributed by atoms with Crippen molar-refractivity contribution in [1.82, 2.24) is 4.98 Å². The maximum Gasteiger partial charge on any atom is 1.00 e. The molecule has 0 fully saturated rings. The Morgan fingerprint density at radius 1 is 1.29 bits per heavy atom. The summed E-state index contributed by atoms with van der Waals surface area (Å²) < 4.78 is 0. The summed E-state index contributed by atoms with van der Waals surface area (Å²) in [5.74, 6) is -1.56. The number of hydrogen-bond donors (Lipinski definition) is 1. The summed E-state index contributed by atoms with van der Waals surface area (Å²) in [5, 5.41) is 9.86. The minimum absolute atomic E-state index is 0. The summed E-state index contributed by atoms with van der Waals surface area (Å²) >= 11 is 16.5. The van der Waals surface area contributed by atoms with Gasteiger partial charge in [-0.1, -0.05) is 34.8 Å². The van der Waals surface area contributed by atoms with Crippen molar-refractivity contribution in [2.75, 3.05) is 5.73 Å². The molecule has 1 aromatic rings. The topological polar surface area (TPSA) is 79.0 Å². The van der Waals surface area contributed by atoms with Crippen LogP contribution in [0, 0.1) is 0 Å². The summed E-state index contributed by atoms with van der Waals surface area (Å²) in [5.41, 5.74) is 4.70. The van der Waals surface area contributed by atoms with Gasteiger partial charge < -0.3 is 15.6 Å². The van der Waals surface area contributed by atoms with E-state index in [0.717, 1.165) is 0 Å². The van der Waals surface area contributed by atoms with E-state index < -0.39 is 11.7 Å². The van der Waals surface area contributed by atoms with Gasteiger partial charge in [0.2, 0.25) is 0 Å². The smallest absolute Gasteiger partial charge is 0.543 e. The second-order valence-electron chi connectivity index (χ2n) is 2.08. The molecule has 0 spiro atoms. The van der Waals surface area contributed by atoms with Crippen LogP contribution < -0.4 is 62.2 Å². The number of rotatable bonds is 1. The number of pyridine rings is 1. The zero-order valence-corrected chi connectivity index (χ0v) is 12.4. The van der Waals surface area contributed by atoms with Crippen molar-refractivity contribution in [3.8, 4) is 0 Å². The van der Waals surface area contributed by atoms with Gasteiger partial charge in [-0.25, -0.2) is 4.98 Å². The molecule has 0 bridgehead atoms. The number of carboxylic acid groups (broad SMARTS) is 1. The number of aromatic carboxylic acids is 1. The van der Waals surface area contributed by atoms with Crippen LogP contribution in [0.1, 0.15) is 10.5 Å². The molecule has 0 radical (unpaired) electrons. The van der Waals surface area contributed by atoms with E-state index in [1.807, 2.05) is 0 Å². The monoisotopic (exact) mass is 278 g/mol. The molecule has 1 aromatic heterocycles. The molecule has 0 aromatic carbocycles. The summed E-state index contributed by atoms with van der Waals surface area (Å²) in [7, 11) is 0. The minimum atomic E-state index is -1.56. The van der Waals surface area contributed by atoms with Crippen molar-refractivity contribution in [2.24, 2.45) is 0 Å². The first-order valence-corrected chi connectivity index (χ1v) is 4.09. The molecule has 0 aliphatic heterocycles. The average molecular weight is 280 g/mol. The summed E-state index contributed by atoms with van der Waals surface area (Å²) in [6, 6.07) is 0. The normalized spacial score (nSPS) is 9.36. The molecule has 0 amide bonds. The van der Waals surface area contributed by atoms with Gasteiger partial charge >= 0.3 is 51.4 Å². The number of anilines is 1. The van der Waals surface area contributed by atoms with Gasteiger partial charge in [-0.2, -0.15) is 0 Å². The molecule has 0 saturated heterocycles. The molecule has 70 valence electrons. The van der Waals surface area contributed by atoms with E-state index in [4.69, 9.17) is 40.5 Å². The van der Waals surface area contributed by atoms with Crippen molar-refractivity contribution in [3.63, 3.8) is 0 Å². The predicted octanol–water partition coefficient (Wildman–Crippen LogP) is -2.01. The molecule has 0 aliphatic carbocycles. The Morgan fingerprint density at radius 3 is 2.21 bits per heavy atom. The van der Waals surface area contributed by atoms with Gasteiger partial charge in [0.05, 0.1) is 16.7 Å². The SMILES string of the molecule is Nc1c(Cl)c(Cl)nc(C(=O)[O-])c1Cl.[K+]. The zero-order valence-electron chi connectivity index (χ0n) is 6.97. The van der Waals surface area contributed by atoms with E-state index >= 15 is 0 Å². The molecule has 2 N–H and O–H groups in total. The molecule has 14 heavy (non-hydrogen) atoms. The molecule has 1 rings (SSSR count). The van der Waals surface area contributed by atoms with Gasteiger partial charge in [-0.3, -0.25) is 0 Å². The molecule has 0 unspecified atom stereocenters. The fraction of sp³-hybridized carbons (Fsp3) is 0. The fourth-order valence-electron chi connectivity index (χ4n) is 0.667. The summed E-state index contributed by atoms with van der Waals surface area (Å²) in [4.78, 5) is 13.8. The second-order valence-corrected chi connectivity index (χ2v) is 3.19. The van der Waals surface area contributed by atoms with Crippen molar-refractivity contribution in [1.29, 1.82) is 0 Å². The predicted molar refractivity (Wildman–Crippen MR) is 48.0 cm³/mol. The van der Waals surface area contributed by atoms with E-state index in [9.17, 15) is 9.90 Å². The Labute approximate surface area is 137 Å². The van der Waals surface area contributed by atoms with E-state index in [1.54, 1.807) is 0 Å². The van der Waals surface area contributed by atoms with Crippen molar-refractivity contribution in [2.45, 2.75) is 0 Å². The van der Waals surface area contributed by atoms with Gasteiger partial charge in [-0.05, 0) is 0 Å². The third kappa shape index (κ3) is 2.96. The van der Waals surface area contributed by atoms with Crippen LogP contribution in [0.5, 0.6) is 0 Å². The van der Waals surface area contributed by atoms with Gasteiger partial charge in [0.1, 0.15) is 10.7 Å². The average Bonchev–Trinajstić information content (AvgIpc) is 2.07. The second kappa shape index (κ2) is 5.86. The van der Waals surface area contributed by atoms with Crippen LogP contribution in [0.15, 0.2) is 0 Å². The standard InChI is InChI=1S/C6H3Cl3N2O2.K/c7-1-3(10)2(8)5(9)11-4(1)6(12)13;/h(H2,10,11)(H,12,13);/q;+1/p-1. The number of nitrogen functional groups attached to an aromatic ring is 1. The molecule has 0 aliphatic rings. The summed E-state index contributed by atoms with van der Waals surface area (Å²) in [6.45, 7) is 0. The van der Waals surface area contributed by atoms with Crippen molar-refractivity contribution in [3.05, 3.63) is 20.9 Å². The number of aromatic nitrogens is 1. The maximum absolute atomic E-state index is 10.4. The van der Waals surface area contributed by atoms with Crippen LogP contribution in [0.2, 0.25) is 15.2 Å². The van der Waals surface area contributed by atoms with Gasteiger partial charge in [0, 0.05) is 0 Å². The fourth-order valence-corrected chi connectivity index (χ4v) is 1.25. The number of hydrogen-bond acceptors (Lipinski definition) is 4. The van der Waals surface area contributed by atoms with Crippen LogP contribution in [0.3, 0.4) is 0 Å². The number of nitrogens with two attached hydrogens (primary N) is 1. The van der Waals surface area contributed by atoms with Gasteiger partial charge in [0.25, 0.3) is 0 Å². The molecule has 0 atom stereocenters. The molecular weight excluding hydrogens is 278 g/mol. The Kier molecular flexibility index (Phi) is 6.25. The van der Waals surface area contributed by atoms with Gasteiger partial charge in [0.15, 0.2) is 5.15 Å². The first-order valence-electron chi connectivity index (χ1n) is 2.96. The minimum Gasteiger partial charge on any atom is -0.543 e. The van der Waals surface area contributed by atoms with Crippen LogP contribution in [-0.2, 0) is 0 Å². The van der Waals surface area contributed by atoms with Crippen LogP contribution in [-0.4, -0.2) is 11.0 Å². The van der Waals surface area contributed by atoms with Crippen molar-refractivity contribution >= 4 is 46.5 Å². The van der Waals surface area contributed by atoms with Crippen LogP contribution >= 0.6 is 34.8 Å². The van der Waals surface area contributed by atoms with Gasteiger partial charge in [-0.15, -0.1) is 0 Å². The third-order valence-corrected chi connectivity index (χ3v) is 2.40. The van der Waals surface area contributed by atoms with E-state index in [0.29, 0.717) is 0 Å². The Balaban J connectivity index is 0.00000169. The molecule has 1 heterocycles. The van der Waals surface area contributed by atoms with Crippen molar-refractivity contribution < 1.29 is 61.3 Å². The van der Waals surface area contributed by atoms with Crippen LogP contribution in [0.4, 0.5) is 5.69 Å². The molecule has 4 nitrogen and oxygen atoms in total. The maximum atomic E-state index is 10.4. The Hall–Kier alpha value is 0.926.